The number of benzene rings is 2. The lowest BCUT2D eigenvalue weighted by Gasteiger charge is -2.05. The number of nitrogens with zero attached hydrogens (tertiary/aromatic N) is 1. The van der Waals surface area contributed by atoms with Gasteiger partial charge in [0, 0.05) is 12.1 Å². The summed E-state index contributed by atoms with van der Waals surface area (Å²) in [6, 6.07) is 6.34. The van der Waals surface area contributed by atoms with Crippen molar-refractivity contribution in [1.82, 2.24) is 9.55 Å². The lowest BCUT2D eigenvalue weighted by Crippen LogP contribution is -1.97. The van der Waals surface area contributed by atoms with Crippen LogP contribution < -0.4 is 0 Å². The molecule has 0 amide bonds. The second-order valence-corrected chi connectivity index (χ2v) is 5.70. The Kier molecular flexibility index (Phi) is 3.33. The summed E-state index contributed by atoms with van der Waals surface area (Å²) < 4.78 is 42.2. The lowest BCUT2D eigenvalue weighted by molar-refractivity contribution is 0.508. The van der Waals surface area contributed by atoms with Crippen molar-refractivity contribution < 1.29 is 13.2 Å². The highest BCUT2D eigenvalue weighted by molar-refractivity contribution is 14.1. The highest BCUT2D eigenvalue weighted by atomic mass is 127. The maximum Gasteiger partial charge on any atom is 0.182 e. The third-order valence-corrected chi connectivity index (χ3v) is 4.00. The van der Waals surface area contributed by atoms with E-state index in [2.05, 4.69) is 4.98 Å². The lowest BCUT2D eigenvalue weighted by atomic mass is 10.2. The summed E-state index contributed by atoms with van der Waals surface area (Å²) in [6.45, 7) is 0. The van der Waals surface area contributed by atoms with Crippen molar-refractivity contribution in [2.75, 3.05) is 0 Å². The molecule has 0 spiro atoms. The maximum absolute atomic E-state index is 13.7. The zero-order valence-corrected chi connectivity index (χ0v) is 12.7. The van der Waals surface area contributed by atoms with E-state index >= 15 is 0 Å². The van der Waals surface area contributed by atoms with Crippen molar-refractivity contribution in [1.29, 1.82) is 0 Å². The smallest absolute Gasteiger partial charge is 0.182 e. The number of imidazole rings is 1. The Morgan fingerprint density at radius 1 is 1.00 bits per heavy atom. The molecule has 102 valence electrons. The molecule has 0 atom stereocenters. The van der Waals surface area contributed by atoms with Gasteiger partial charge in [-0.3, -0.25) is 4.57 Å². The molecule has 0 bridgehead atoms. The maximum atomic E-state index is 13.7. The Morgan fingerprint density at radius 3 is 2.45 bits per heavy atom. The van der Waals surface area contributed by atoms with Gasteiger partial charge in [-0.15, -0.1) is 0 Å². The summed E-state index contributed by atoms with van der Waals surface area (Å²) in [5.41, 5.74) is 1.44. The van der Waals surface area contributed by atoms with E-state index in [1.165, 1.54) is 16.7 Å². The normalized spacial score (nSPS) is 11.2. The third kappa shape index (κ3) is 2.14. The van der Waals surface area contributed by atoms with Gasteiger partial charge in [0.15, 0.2) is 16.4 Å². The van der Waals surface area contributed by atoms with Gasteiger partial charge >= 0.3 is 0 Å². The molecular weight excluding hydrogens is 400 g/mol. The predicted molar refractivity (Wildman–Crippen MR) is 81.1 cm³/mol. The third-order valence-electron chi connectivity index (χ3n) is 2.89. The number of nitrogens with one attached hydrogen (secondary N) is 1. The van der Waals surface area contributed by atoms with Crippen molar-refractivity contribution >= 4 is 45.8 Å². The minimum Gasteiger partial charge on any atom is -0.330 e. The van der Waals surface area contributed by atoms with E-state index in [0.717, 1.165) is 12.1 Å². The Hall–Kier alpha value is -1.35. The first kappa shape index (κ1) is 13.6. The molecule has 0 aliphatic rings. The van der Waals surface area contributed by atoms with Gasteiger partial charge in [-0.25, -0.2) is 13.2 Å². The molecule has 0 saturated heterocycles. The number of aromatic amines is 1. The van der Waals surface area contributed by atoms with E-state index in [-0.39, 0.29) is 4.77 Å². The molecular formula is C13H6F3IN2S. The fourth-order valence-corrected chi connectivity index (χ4v) is 2.76. The fourth-order valence-electron chi connectivity index (χ4n) is 1.98. The zero-order valence-electron chi connectivity index (χ0n) is 9.75. The van der Waals surface area contributed by atoms with Gasteiger partial charge in [-0.2, -0.15) is 0 Å². The molecule has 3 aromatic rings. The predicted octanol–water partition coefficient (Wildman–Crippen LogP) is 4.71. The Balaban J connectivity index is 2.35. The van der Waals surface area contributed by atoms with Gasteiger partial charge in [-0.05, 0) is 53.0 Å². The number of fused-ring (bicyclic) bond motifs is 1. The van der Waals surface area contributed by atoms with Crippen molar-refractivity contribution in [2.24, 2.45) is 0 Å². The molecule has 0 aliphatic carbocycles. The van der Waals surface area contributed by atoms with Crippen LogP contribution in [-0.4, -0.2) is 9.55 Å². The van der Waals surface area contributed by atoms with E-state index in [0.29, 0.717) is 20.3 Å². The van der Waals surface area contributed by atoms with Crippen LogP contribution in [0.3, 0.4) is 0 Å². The molecule has 2 aromatic carbocycles. The van der Waals surface area contributed by atoms with Gasteiger partial charge in [0.1, 0.15) is 5.82 Å². The topological polar surface area (TPSA) is 20.7 Å². The van der Waals surface area contributed by atoms with Crippen LogP contribution in [0.4, 0.5) is 13.2 Å². The Labute approximate surface area is 130 Å². The van der Waals surface area contributed by atoms with Crippen LogP contribution in [0.5, 0.6) is 0 Å². The van der Waals surface area contributed by atoms with Crippen LogP contribution in [0.25, 0.3) is 16.7 Å². The minimum atomic E-state index is -0.982. The standard InChI is InChI=1S/C13H6F3IN2S/c14-7-2-1-6(3-8(7)15)19-12-4-9(16)10(17)5-11(12)18-13(19)20/h1-5H,(H,18,20). The quantitative estimate of drug-likeness (QED) is 0.459. The van der Waals surface area contributed by atoms with Gasteiger partial charge in [0.05, 0.1) is 20.3 Å². The number of aromatic nitrogens is 2. The molecule has 0 fully saturated rings. The molecule has 1 N–H and O–H groups in total. The van der Waals surface area contributed by atoms with Crippen LogP contribution in [0.1, 0.15) is 0 Å². The van der Waals surface area contributed by atoms with Crippen molar-refractivity contribution in [3.05, 3.63) is 56.1 Å². The van der Waals surface area contributed by atoms with Crippen LogP contribution in [-0.2, 0) is 0 Å². The molecule has 0 unspecified atom stereocenters. The second kappa shape index (κ2) is 4.88. The Bertz CT molecular complexity index is 885. The summed E-state index contributed by atoms with van der Waals surface area (Å²) in [6.07, 6.45) is 0. The molecule has 0 radical (unpaired) electrons. The van der Waals surface area contributed by atoms with Crippen molar-refractivity contribution in [3.63, 3.8) is 0 Å². The van der Waals surface area contributed by atoms with Gasteiger partial charge in [0.25, 0.3) is 0 Å². The van der Waals surface area contributed by atoms with E-state index < -0.39 is 17.5 Å². The number of H-pyrrole nitrogens is 1. The number of hydrogen-bond acceptors (Lipinski definition) is 1. The van der Waals surface area contributed by atoms with Crippen LogP contribution in [0.15, 0.2) is 30.3 Å². The first-order valence-corrected chi connectivity index (χ1v) is 7.01. The van der Waals surface area contributed by atoms with Gasteiger partial charge in [0.2, 0.25) is 0 Å². The van der Waals surface area contributed by atoms with E-state index in [1.54, 1.807) is 6.07 Å². The monoisotopic (exact) mass is 406 g/mol. The number of halogens is 4. The van der Waals surface area contributed by atoms with Gasteiger partial charge in [-0.1, -0.05) is 0 Å². The summed E-state index contributed by atoms with van der Waals surface area (Å²) >= 11 is 7.03. The van der Waals surface area contributed by atoms with E-state index in [1.807, 2.05) is 22.6 Å². The SMILES string of the molecule is Fc1ccc(-n2c(=S)[nH]c3cc(I)c(F)cc32)cc1F. The summed E-state index contributed by atoms with van der Waals surface area (Å²) in [5, 5.41) is 0. The van der Waals surface area contributed by atoms with E-state index in [9.17, 15) is 13.2 Å². The molecule has 0 saturated carbocycles. The molecule has 7 heteroatoms. The van der Waals surface area contributed by atoms with Crippen LogP contribution in [0.2, 0.25) is 0 Å². The van der Waals surface area contributed by atoms with Gasteiger partial charge < -0.3 is 4.98 Å². The number of hydrogen-bond donors (Lipinski definition) is 1. The summed E-state index contributed by atoms with van der Waals surface area (Å²) in [4.78, 5) is 2.92. The van der Waals surface area contributed by atoms with Crippen LogP contribution in [0, 0.1) is 25.8 Å². The molecule has 2 nitrogen and oxygen atoms in total. The summed E-state index contributed by atoms with van der Waals surface area (Å²) in [5.74, 6) is -2.32. The van der Waals surface area contributed by atoms with E-state index in [4.69, 9.17) is 12.2 Å². The Morgan fingerprint density at radius 2 is 1.75 bits per heavy atom. The van der Waals surface area contributed by atoms with Crippen LogP contribution >= 0.6 is 34.8 Å². The molecule has 1 heterocycles. The molecule has 20 heavy (non-hydrogen) atoms. The average molecular weight is 406 g/mol. The minimum absolute atomic E-state index is 0.285. The van der Waals surface area contributed by atoms with Crippen molar-refractivity contribution in [2.45, 2.75) is 0 Å². The molecule has 1 aromatic heterocycles. The first-order chi connectivity index (χ1) is 9.47. The van der Waals surface area contributed by atoms with Crippen molar-refractivity contribution in [3.8, 4) is 5.69 Å². The largest absolute Gasteiger partial charge is 0.330 e. The zero-order chi connectivity index (χ0) is 14.4. The fraction of sp³-hybridized carbons (Fsp3) is 0. The highest BCUT2D eigenvalue weighted by Crippen LogP contribution is 2.24. The highest BCUT2D eigenvalue weighted by Gasteiger charge is 2.12. The second-order valence-electron chi connectivity index (χ2n) is 4.15. The average Bonchev–Trinajstić information content (AvgIpc) is 2.69. The first-order valence-electron chi connectivity index (χ1n) is 5.52. The summed E-state index contributed by atoms with van der Waals surface area (Å²) in [7, 11) is 0. The number of rotatable bonds is 1. The molecule has 0 aliphatic heterocycles. The molecule has 3 rings (SSSR count).